The zero-order valence-corrected chi connectivity index (χ0v) is 13.9. The Morgan fingerprint density at radius 1 is 1.36 bits per heavy atom. The molecule has 3 heterocycles. The molecule has 0 unspecified atom stereocenters. The molecule has 5 nitrogen and oxygen atoms in total. The number of rotatable bonds is 5. The molecule has 0 radical (unpaired) electrons. The first-order chi connectivity index (χ1) is 10.7. The lowest BCUT2D eigenvalue weighted by molar-refractivity contribution is 0.166. The van der Waals surface area contributed by atoms with E-state index in [-0.39, 0.29) is 0 Å². The van der Waals surface area contributed by atoms with E-state index < -0.39 is 0 Å². The van der Waals surface area contributed by atoms with Gasteiger partial charge in [-0.25, -0.2) is 4.98 Å². The molecule has 0 aromatic carbocycles. The van der Waals surface area contributed by atoms with Crippen molar-refractivity contribution in [2.24, 2.45) is 5.92 Å². The summed E-state index contributed by atoms with van der Waals surface area (Å²) in [6.45, 7) is 8.30. The molecule has 0 bridgehead atoms. The van der Waals surface area contributed by atoms with Gasteiger partial charge in [0.25, 0.3) is 0 Å². The van der Waals surface area contributed by atoms with E-state index in [2.05, 4.69) is 45.9 Å². The van der Waals surface area contributed by atoms with E-state index >= 15 is 0 Å². The second kappa shape index (κ2) is 7.40. The van der Waals surface area contributed by atoms with Crippen LogP contribution in [0.25, 0.3) is 0 Å². The number of hydrogen-bond acceptors (Lipinski definition) is 5. The molecule has 22 heavy (non-hydrogen) atoms. The lowest BCUT2D eigenvalue weighted by atomic mass is 10.1. The third-order valence-electron chi connectivity index (χ3n) is 4.60. The van der Waals surface area contributed by atoms with Gasteiger partial charge in [-0.15, -0.1) is 0 Å². The van der Waals surface area contributed by atoms with Crippen LogP contribution in [0.1, 0.15) is 12.0 Å². The van der Waals surface area contributed by atoms with Gasteiger partial charge < -0.3 is 14.5 Å². The largest absolute Gasteiger partial charge is 0.381 e. The maximum absolute atomic E-state index is 5.53. The number of hydrogen-bond donors (Lipinski definition) is 0. The average molecular weight is 304 g/mol. The van der Waals surface area contributed by atoms with Crippen molar-refractivity contribution in [3.63, 3.8) is 0 Å². The average Bonchev–Trinajstić information content (AvgIpc) is 2.94. The van der Waals surface area contributed by atoms with Gasteiger partial charge in [-0.05, 0) is 32.5 Å². The molecule has 0 spiro atoms. The maximum Gasteiger partial charge on any atom is 0.133 e. The zero-order valence-electron chi connectivity index (χ0n) is 13.9. The van der Waals surface area contributed by atoms with Crippen LogP contribution < -0.4 is 4.90 Å². The smallest absolute Gasteiger partial charge is 0.133 e. The van der Waals surface area contributed by atoms with Crippen molar-refractivity contribution in [1.82, 2.24) is 14.8 Å². The van der Waals surface area contributed by atoms with Crippen LogP contribution >= 0.6 is 0 Å². The lowest BCUT2D eigenvalue weighted by Gasteiger charge is -2.26. The first-order valence-corrected chi connectivity index (χ1v) is 8.36. The quantitative estimate of drug-likeness (QED) is 0.819. The van der Waals surface area contributed by atoms with Gasteiger partial charge in [-0.1, -0.05) is 6.07 Å². The Hall–Kier alpha value is -1.17. The summed E-state index contributed by atoms with van der Waals surface area (Å²) >= 11 is 0. The Labute approximate surface area is 133 Å². The van der Waals surface area contributed by atoms with E-state index in [1.165, 1.54) is 17.8 Å². The Morgan fingerprint density at radius 2 is 2.27 bits per heavy atom. The molecular formula is C17H28N4O. The molecule has 2 aliphatic rings. The molecule has 1 fully saturated rings. The summed E-state index contributed by atoms with van der Waals surface area (Å²) in [7, 11) is 4.26. The van der Waals surface area contributed by atoms with Crippen molar-refractivity contribution < 1.29 is 4.74 Å². The summed E-state index contributed by atoms with van der Waals surface area (Å²) in [4.78, 5) is 11.9. The molecule has 1 aromatic heterocycles. The predicted octanol–water partition coefficient (Wildman–Crippen LogP) is 1.30. The number of nitrogens with zero attached hydrogens (tertiary/aromatic N) is 4. The minimum absolute atomic E-state index is 0.702. The number of pyridine rings is 1. The van der Waals surface area contributed by atoms with Gasteiger partial charge in [0.05, 0.1) is 6.61 Å². The summed E-state index contributed by atoms with van der Waals surface area (Å²) in [5, 5.41) is 0. The van der Waals surface area contributed by atoms with Crippen LogP contribution in [0.15, 0.2) is 18.3 Å². The van der Waals surface area contributed by atoms with Crippen molar-refractivity contribution >= 4 is 5.82 Å². The second-order valence-electron chi connectivity index (χ2n) is 6.74. The van der Waals surface area contributed by atoms with Gasteiger partial charge in [0.1, 0.15) is 5.82 Å². The minimum atomic E-state index is 0.702. The van der Waals surface area contributed by atoms with E-state index in [9.17, 15) is 0 Å². The van der Waals surface area contributed by atoms with Gasteiger partial charge in [0.2, 0.25) is 0 Å². The number of fused-ring (bicyclic) bond motifs is 1. The summed E-state index contributed by atoms with van der Waals surface area (Å²) in [5.41, 5.74) is 1.36. The highest BCUT2D eigenvalue weighted by atomic mass is 16.5. The second-order valence-corrected chi connectivity index (χ2v) is 6.74. The third-order valence-corrected chi connectivity index (χ3v) is 4.60. The van der Waals surface area contributed by atoms with Crippen molar-refractivity contribution in [3.05, 3.63) is 23.9 Å². The maximum atomic E-state index is 5.53. The molecule has 5 heteroatoms. The normalized spacial score (nSPS) is 22.9. The van der Waals surface area contributed by atoms with Crippen LogP contribution in [0.5, 0.6) is 0 Å². The summed E-state index contributed by atoms with van der Waals surface area (Å²) in [6.07, 6.45) is 3.13. The fraction of sp³-hybridized carbons (Fsp3) is 0.706. The standard InChI is InChI=1S/C17H28N4O/c1-19(2)7-9-21-10-8-20(12-15-5-11-22-14-15)13-16-4-3-6-18-17(16)21/h3-4,6,15H,5,7-14H2,1-2H3/t15-/m1/s1. The first kappa shape index (κ1) is 15.7. The summed E-state index contributed by atoms with van der Waals surface area (Å²) < 4.78 is 5.53. The van der Waals surface area contributed by atoms with Gasteiger partial charge in [-0.3, -0.25) is 4.90 Å². The van der Waals surface area contributed by atoms with Gasteiger partial charge >= 0.3 is 0 Å². The summed E-state index contributed by atoms with van der Waals surface area (Å²) in [5.74, 6) is 1.88. The summed E-state index contributed by atoms with van der Waals surface area (Å²) in [6, 6.07) is 4.29. The molecule has 1 aromatic rings. The predicted molar refractivity (Wildman–Crippen MR) is 89.2 cm³/mol. The Bertz CT molecular complexity index is 473. The Balaban J connectivity index is 1.69. The molecule has 0 amide bonds. The Morgan fingerprint density at radius 3 is 3.05 bits per heavy atom. The number of anilines is 1. The topological polar surface area (TPSA) is 31.8 Å². The fourth-order valence-electron chi connectivity index (χ4n) is 3.31. The molecule has 2 aliphatic heterocycles. The highest BCUT2D eigenvalue weighted by Gasteiger charge is 2.24. The molecule has 122 valence electrons. The van der Waals surface area contributed by atoms with Crippen LogP contribution in [0.3, 0.4) is 0 Å². The lowest BCUT2D eigenvalue weighted by Crippen LogP contribution is -2.37. The van der Waals surface area contributed by atoms with E-state index in [1.807, 2.05) is 6.20 Å². The fourth-order valence-corrected chi connectivity index (χ4v) is 3.31. The van der Waals surface area contributed by atoms with E-state index in [0.29, 0.717) is 5.92 Å². The first-order valence-electron chi connectivity index (χ1n) is 8.36. The van der Waals surface area contributed by atoms with Gasteiger partial charge in [-0.2, -0.15) is 0 Å². The van der Waals surface area contributed by atoms with Crippen molar-refractivity contribution in [3.8, 4) is 0 Å². The van der Waals surface area contributed by atoms with Crippen LogP contribution in [0, 0.1) is 5.92 Å². The van der Waals surface area contributed by atoms with E-state index in [1.54, 1.807) is 0 Å². The van der Waals surface area contributed by atoms with Gasteiger partial charge in [0, 0.05) is 57.6 Å². The van der Waals surface area contributed by atoms with Gasteiger partial charge in [0.15, 0.2) is 0 Å². The van der Waals surface area contributed by atoms with Crippen LogP contribution in [0.2, 0.25) is 0 Å². The van der Waals surface area contributed by atoms with Crippen molar-refractivity contribution in [1.29, 1.82) is 0 Å². The molecule has 3 rings (SSSR count). The molecular weight excluding hydrogens is 276 g/mol. The number of aromatic nitrogens is 1. The number of ether oxygens (including phenoxy) is 1. The highest BCUT2D eigenvalue weighted by Crippen LogP contribution is 2.24. The molecule has 0 saturated carbocycles. The highest BCUT2D eigenvalue weighted by molar-refractivity contribution is 5.47. The third kappa shape index (κ3) is 3.97. The van der Waals surface area contributed by atoms with E-state index in [4.69, 9.17) is 4.74 Å². The molecule has 1 saturated heterocycles. The SMILES string of the molecule is CN(C)CCN1CCN(C[C@H]2CCOC2)Cc2cccnc21. The minimum Gasteiger partial charge on any atom is -0.381 e. The molecule has 0 N–H and O–H groups in total. The van der Waals surface area contributed by atoms with Crippen LogP contribution in [-0.2, 0) is 11.3 Å². The van der Waals surface area contributed by atoms with Crippen molar-refractivity contribution in [2.75, 3.05) is 64.9 Å². The van der Waals surface area contributed by atoms with Crippen molar-refractivity contribution in [2.45, 2.75) is 13.0 Å². The van der Waals surface area contributed by atoms with E-state index in [0.717, 1.165) is 52.5 Å². The van der Waals surface area contributed by atoms with Crippen LogP contribution in [-0.4, -0.2) is 74.8 Å². The Kier molecular flexibility index (Phi) is 5.28. The molecule has 1 atom stereocenters. The zero-order chi connectivity index (χ0) is 15.4. The molecule has 0 aliphatic carbocycles. The monoisotopic (exact) mass is 304 g/mol. The van der Waals surface area contributed by atoms with Crippen LogP contribution in [0.4, 0.5) is 5.82 Å². The number of likely N-dealkylation sites (N-methyl/N-ethyl adjacent to an activating group) is 1.